The van der Waals surface area contributed by atoms with E-state index in [9.17, 15) is 18.0 Å². The van der Waals surface area contributed by atoms with Crippen LogP contribution in [0.3, 0.4) is 0 Å². The summed E-state index contributed by atoms with van der Waals surface area (Å²) in [7, 11) is -3.91. The van der Waals surface area contributed by atoms with Gasteiger partial charge in [0.2, 0.25) is 10.0 Å². The third-order valence-corrected chi connectivity index (χ3v) is 5.60. The second-order valence-electron chi connectivity index (χ2n) is 3.95. The van der Waals surface area contributed by atoms with Crippen molar-refractivity contribution in [2.24, 2.45) is 0 Å². The van der Waals surface area contributed by atoms with Crippen molar-refractivity contribution in [2.75, 3.05) is 0 Å². The molecule has 0 aliphatic rings. The number of aromatic amines is 1. The van der Waals surface area contributed by atoms with E-state index in [1.807, 2.05) is 0 Å². The lowest BCUT2D eigenvalue weighted by Gasteiger charge is -2.08. The van der Waals surface area contributed by atoms with Crippen LogP contribution in [-0.4, -0.2) is 24.5 Å². The van der Waals surface area contributed by atoms with Crippen molar-refractivity contribution in [1.29, 1.82) is 0 Å². The van der Waals surface area contributed by atoms with Crippen LogP contribution < -0.4 is 9.60 Å². The standard InChI is InChI=1S/C11H9BrN2O5S2/c12-8-2-1-6(10(15)16)3-9(8)21(18,19)13-4-7-5-20-11(17)14-7/h1-3,5,13H,4H2,(H,14,17)(H,15,16). The normalized spacial score (nSPS) is 11.5. The van der Waals surface area contributed by atoms with Gasteiger partial charge >= 0.3 is 10.8 Å². The maximum Gasteiger partial charge on any atom is 0.335 e. The Morgan fingerprint density at radius 2 is 2.14 bits per heavy atom. The lowest BCUT2D eigenvalue weighted by atomic mass is 10.2. The number of aromatic carboxylic acids is 1. The number of thiazole rings is 1. The molecule has 112 valence electrons. The summed E-state index contributed by atoms with van der Waals surface area (Å²) < 4.78 is 26.9. The first-order valence-electron chi connectivity index (χ1n) is 5.49. The van der Waals surface area contributed by atoms with Gasteiger partial charge in [0.15, 0.2) is 0 Å². The summed E-state index contributed by atoms with van der Waals surface area (Å²) in [5.74, 6) is -1.22. The molecule has 1 aromatic carbocycles. The molecule has 0 atom stereocenters. The fourth-order valence-corrected chi connectivity index (χ4v) is 4.07. The minimum atomic E-state index is -3.91. The van der Waals surface area contributed by atoms with Gasteiger partial charge in [0.05, 0.1) is 17.0 Å². The largest absolute Gasteiger partial charge is 0.478 e. The highest BCUT2D eigenvalue weighted by Gasteiger charge is 2.19. The van der Waals surface area contributed by atoms with Gasteiger partial charge in [-0.05, 0) is 34.1 Å². The van der Waals surface area contributed by atoms with Crippen LogP contribution in [0.1, 0.15) is 16.1 Å². The van der Waals surface area contributed by atoms with Crippen molar-refractivity contribution < 1.29 is 18.3 Å². The highest BCUT2D eigenvalue weighted by Crippen LogP contribution is 2.23. The number of hydrogen-bond donors (Lipinski definition) is 3. The minimum absolute atomic E-state index is 0.0924. The molecular weight excluding hydrogens is 384 g/mol. The van der Waals surface area contributed by atoms with E-state index in [2.05, 4.69) is 25.6 Å². The molecule has 2 aromatic rings. The molecular formula is C11H9BrN2O5S2. The number of halogens is 1. The van der Waals surface area contributed by atoms with E-state index in [0.29, 0.717) is 5.69 Å². The van der Waals surface area contributed by atoms with Crippen LogP contribution in [0.2, 0.25) is 0 Å². The number of hydrogen-bond acceptors (Lipinski definition) is 5. The van der Waals surface area contributed by atoms with Crippen molar-refractivity contribution in [3.8, 4) is 0 Å². The molecule has 1 heterocycles. The quantitative estimate of drug-likeness (QED) is 0.710. The molecule has 0 spiro atoms. The van der Waals surface area contributed by atoms with Gasteiger partial charge in [0.1, 0.15) is 0 Å². The van der Waals surface area contributed by atoms with Crippen molar-refractivity contribution in [1.82, 2.24) is 9.71 Å². The predicted octanol–water partition coefficient (Wildman–Crippen LogP) is 1.38. The summed E-state index contributed by atoms with van der Waals surface area (Å²) in [6, 6.07) is 3.71. The van der Waals surface area contributed by atoms with E-state index in [1.165, 1.54) is 17.5 Å². The summed E-state index contributed by atoms with van der Waals surface area (Å²) in [5.41, 5.74) is 0.293. The van der Waals surface area contributed by atoms with Gasteiger partial charge in [0.25, 0.3) is 0 Å². The van der Waals surface area contributed by atoms with Crippen LogP contribution in [0.25, 0.3) is 0 Å². The SMILES string of the molecule is O=C(O)c1ccc(Br)c(S(=O)(=O)NCc2csc(=O)[nH]2)c1. The van der Waals surface area contributed by atoms with Crippen molar-refractivity contribution in [3.63, 3.8) is 0 Å². The lowest BCUT2D eigenvalue weighted by Crippen LogP contribution is -2.24. The summed E-state index contributed by atoms with van der Waals surface area (Å²) in [6.07, 6.45) is 0. The summed E-state index contributed by atoms with van der Waals surface area (Å²) in [6.45, 7) is -0.0924. The maximum absolute atomic E-state index is 12.2. The second-order valence-corrected chi connectivity index (χ2v) is 7.38. The van der Waals surface area contributed by atoms with Crippen LogP contribution in [0, 0.1) is 0 Å². The van der Waals surface area contributed by atoms with Crippen LogP contribution in [0.4, 0.5) is 0 Å². The third-order valence-electron chi connectivity index (χ3n) is 2.49. The fourth-order valence-electron chi connectivity index (χ4n) is 1.49. The number of sulfonamides is 1. The number of rotatable bonds is 5. The van der Waals surface area contributed by atoms with Crippen LogP contribution in [-0.2, 0) is 16.6 Å². The molecule has 0 bridgehead atoms. The van der Waals surface area contributed by atoms with Gasteiger partial charge in [-0.2, -0.15) is 0 Å². The van der Waals surface area contributed by atoms with Crippen molar-refractivity contribution in [2.45, 2.75) is 11.4 Å². The van der Waals surface area contributed by atoms with Crippen molar-refractivity contribution in [3.05, 3.63) is 49.0 Å². The zero-order valence-electron chi connectivity index (χ0n) is 10.3. The number of carbonyl (C=O) groups is 1. The molecule has 3 N–H and O–H groups in total. The van der Waals surface area contributed by atoms with Gasteiger partial charge in [-0.3, -0.25) is 4.79 Å². The minimum Gasteiger partial charge on any atom is -0.478 e. The number of carboxylic acids is 1. The zero-order chi connectivity index (χ0) is 15.6. The zero-order valence-corrected chi connectivity index (χ0v) is 13.5. The number of carboxylic acid groups (broad SMARTS) is 1. The van der Waals surface area contributed by atoms with E-state index in [1.54, 1.807) is 0 Å². The van der Waals surface area contributed by atoms with E-state index < -0.39 is 16.0 Å². The third kappa shape index (κ3) is 3.79. The van der Waals surface area contributed by atoms with E-state index >= 15 is 0 Å². The molecule has 7 nitrogen and oxygen atoms in total. The Balaban J connectivity index is 2.28. The number of aromatic nitrogens is 1. The molecule has 0 fully saturated rings. The van der Waals surface area contributed by atoms with Gasteiger partial charge in [-0.15, -0.1) is 0 Å². The van der Waals surface area contributed by atoms with Gasteiger partial charge < -0.3 is 10.1 Å². The van der Waals surface area contributed by atoms with E-state index in [4.69, 9.17) is 5.11 Å². The molecule has 2 rings (SSSR count). The molecule has 0 saturated carbocycles. The smallest absolute Gasteiger partial charge is 0.335 e. The molecule has 0 amide bonds. The maximum atomic E-state index is 12.2. The van der Waals surface area contributed by atoms with Gasteiger partial charge in [-0.1, -0.05) is 11.3 Å². The highest BCUT2D eigenvalue weighted by atomic mass is 79.9. The molecule has 0 unspecified atom stereocenters. The van der Waals surface area contributed by atoms with Crippen LogP contribution >= 0.6 is 27.3 Å². The average molecular weight is 393 g/mol. The number of benzene rings is 1. The topological polar surface area (TPSA) is 116 Å². The molecule has 10 heteroatoms. The van der Waals surface area contributed by atoms with E-state index in [0.717, 1.165) is 17.4 Å². The Labute approximate surface area is 131 Å². The summed E-state index contributed by atoms with van der Waals surface area (Å²) in [4.78, 5) is 23.9. The van der Waals surface area contributed by atoms with E-state index in [-0.39, 0.29) is 26.3 Å². The van der Waals surface area contributed by atoms with Crippen molar-refractivity contribution >= 4 is 43.3 Å². The monoisotopic (exact) mass is 392 g/mol. The second kappa shape index (κ2) is 6.10. The number of H-pyrrole nitrogens is 1. The van der Waals surface area contributed by atoms with Crippen LogP contribution in [0.5, 0.6) is 0 Å². The summed E-state index contributed by atoms with van der Waals surface area (Å²) in [5, 5.41) is 10.4. The summed E-state index contributed by atoms with van der Waals surface area (Å²) >= 11 is 4.01. The molecule has 0 aliphatic heterocycles. The molecule has 21 heavy (non-hydrogen) atoms. The highest BCUT2D eigenvalue weighted by molar-refractivity contribution is 9.10. The Morgan fingerprint density at radius 3 is 2.71 bits per heavy atom. The first-order valence-corrected chi connectivity index (χ1v) is 8.64. The molecule has 0 saturated heterocycles. The predicted molar refractivity (Wildman–Crippen MR) is 80.1 cm³/mol. The Bertz CT molecular complexity index is 840. The van der Waals surface area contributed by atoms with Crippen LogP contribution in [0.15, 0.2) is 37.7 Å². The molecule has 1 aromatic heterocycles. The molecule has 0 aliphatic carbocycles. The van der Waals surface area contributed by atoms with Gasteiger partial charge in [-0.25, -0.2) is 17.9 Å². The lowest BCUT2D eigenvalue weighted by molar-refractivity contribution is 0.0696. The average Bonchev–Trinajstić information content (AvgIpc) is 2.82. The Morgan fingerprint density at radius 1 is 1.43 bits per heavy atom. The molecule has 0 radical (unpaired) electrons. The fraction of sp³-hybridized carbons (Fsp3) is 0.0909. The first-order chi connectivity index (χ1) is 9.79. The Hall–Kier alpha value is -1.49. The Kier molecular flexibility index (Phi) is 4.61. The number of nitrogens with one attached hydrogen (secondary N) is 2. The first kappa shape index (κ1) is 15.9. The van der Waals surface area contributed by atoms with Gasteiger partial charge in [0, 0.05) is 15.5 Å².